The maximum absolute atomic E-state index is 14.1. The van der Waals surface area contributed by atoms with E-state index in [9.17, 15) is 18.0 Å². The molecular formula is C30H37N3O7S. The molecule has 0 unspecified atom stereocenters. The number of carbonyl (C=O) groups excluding carboxylic acids is 2. The standard InChI is InChI=1S/C30H37N3O7S/c1-20-13-21(2)15-24(14-20)33(41(36,37)26-11-12-27(39-6)28(17-26)40-7)19-29(34)32(22(3)30(35)31-4)18-23-9-8-10-25(16-23)38-5/h8-17,22H,18-19H2,1-7H3,(H,31,35)/t22-/m1/s1. The number of benzene rings is 3. The van der Waals surface area contributed by atoms with Gasteiger partial charge >= 0.3 is 0 Å². The largest absolute Gasteiger partial charge is 0.497 e. The van der Waals surface area contributed by atoms with Gasteiger partial charge in [-0.1, -0.05) is 18.2 Å². The molecule has 0 radical (unpaired) electrons. The SMILES string of the molecule is CNC(=O)[C@@H](C)N(Cc1cccc(OC)c1)C(=O)CN(c1cc(C)cc(C)c1)S(=O)(=O)c1ccc(OC)c(OC)c1. The van der Waals surface area contributed by atoms with Crippen molar-refractivity contribution in [2.24, 2.45) is 0 Å². The second-order valence-corrected chi connectivity index (χ2v) is 11.4. The Labute approximate surface area is 241 Å². The molecule has 0 aliphatic heterocycles. The van der Waals surface area contributed by atoms with Crippen molar-refractivity contribution in [1.29, 1.82) is 0 Å². The van der Waals surface area contributed by atoms with E-state index in [1.807, 2.05) is 19.9 Å². The third-order valence-electron chi connectivity index (χ3n) is 6.62. The Hall–Kier alpha value is -4.25. The fourth-order valence-corrected chi connectivity index (χ4v) is 5.90. The number of nitrogens with zero attached hydrogens (tertiary/aromatic N) is 2. The van der Waals surface area contributed by atoms with Gasteiger partial charge in [0.1, 0.15) is 18.3 Å². The van der Waals surface area contributed by atoms with Gasteiger partial charge in [-0.25, -0.2) is 8.42 Å². The number of hydrogen-bond acceptors (Lipinski definition) is 7. The number of amides is 2. The molecule has 220 valence electrons. The zero-order valence-electron chi connectivity index (χ0n) is 24.4. The van der Waals surface area contributed by atoms with E-state index >= 15 is 0 Å². The summed E-state index contributed by atoms with van der Waals surface area (Å²) in [4.78, 5) is 27.9. The summed E-state index contributed by atoms with van der Waals surface area (Å²) in [5.74, 6) is 0.238. The van der Waals surface area contributed by atoms with Gasteiger partial charge in [0.05, 0.1) is 31.9 Å². The van der Waals surface area contributed by atoms with Gasteiger partial charge in [0.15, 0.2) is 11.5 Å². The van der Waals surface area contributed by atoms with Crippen LogP contribution in [0.2, 0.25) is 0 Å². The summed E-state index contributed by atoms with van der Waals surface area (Å²) in [6.07, 6.45) is 0. The average molecular weight is 584 g/mol. The maximum Gasteiger partial charge on any atom is 0.264 e. The highest BCUT2D eigenvalue weighted by Crippen LogP contribution is 2.33. The number of likely N-dealkylation sites (N-methyl/N-ethyl adjacent to an activating group) is 1. The van der Waals surface area contributed by atoms with E-state index in [-0.39, 0.29) is 23.1 Å². The van der Waals surface area contributed by atoms with E-state index < -0.39 is 28.5 Å². The minimum Gasteiger partial charge on any atom is -0.497 e. The molecule has 0 saturated carbocycles. The van der Waals surface area contributed by atoms with E-state index in [1.165, 1.54) is 51.5 Å². The van der Waals surface area contributed by atoms with Crippen molar-refractivity contribution >= 4 is 27.5 Å². The summed E-state index contributed by atoms with van der Waals surface area (Å²) in [7, 11) is 1.61. The topological polar surface area (TPSA) is 114 Å². The Morgan fingerprint density at radius 2 is 1.54 bits per heavy atom. The number of hydrogen-bond donors (Lipinski definition) is 1. The Bertz CT molecular complexity index is 1490. The van der Waals surface area contributed by atoms with Crippen LogP contribution in [-0.4, -0.2) is 66.1 Å². The zero-order chi connectivity index (χ0) is 30.3. The number of aryl methyl sites for hydroxylation is 2. The van der Waals surface area contributed by atoms with Crippen LogP contribution in [-0.2, 0) is 26.2 Å². The van der Waals surface area contributed by atoms with Crippen LogP contribution in [0.3, 0.4) is 0 Å². The number of ether oxygens (including phenoxy) is 3. The number of rotatable bonds is 12. The van der Waals surface area contributed by atoms with Gasteiger partial charge in [0.2, 0.25) is 11.8 Å². The second kappa shape index (κ2) is 13.4. The van der Waals surface area contributed by atoms with Gasteiger partial charge in [-0.2, -0.15) is 0 Å². The molecule has 0 heterocycles. The quantitative estimate of drug-likeness (QED) is 0.346. The molecule has 1 atom stereocenters. The Balaban J connectivity index is 2.11. The lowest BCUT2D eigenvalue weighted by atomic mass is 10.1. The lowest BCUT2D eigenvalue weighted by Crippen LogP contribution is -2.50. The lowest BCUT2D eigenvalue weighted by Gasteiger charge is -2.32. The molecule has 0 spiro atoms. The molecule has 0 aliphatic carbocycles. The van der Waals surface area contributed by atoms with Gasteiger partial charge in [0, 0.05) is 19.7 Å². The van der Waals surface area contributed by atoms with E-state index in [4.69, 9.17) is 14.2 Å². The summed E-state index contributed by atoms with van der Waals surface area (Å²) in [6, 6.07) is 15.8. The van der Waals surface area contributed by atoms with Crippen molar-refractivity contribution in [3.63, 3.8) is 0 Å². The number of carbonyl (C=O) groups is 2. The Morgan fingerprint density at radius 3 is 2.12 bits per heavy atom. The molecular weight excluding hydrogens is 546 g/mol. The van der Waals surface area contributed by atoms with Gasteiger partial charge in [-0.3, -0.25) is 13.9 Å². The van der Waals surface area contributed by atoms with Crippen molar-refractivity contribution in [1.82, 2.24) is 10.2 Å². The van der Waals surface area contributed by atoms with Gasteiger partial charge in [-0.05, 0) is 73.9 Å². The molecule has 0 aliphatic rings. The van der Waals surface area contributed by atoms with Crippen LogP contribution in [0.1, 0.15) is 23.6 Å². The normalized spacial score (nSPS) is 11.8. The van der Waals surface area contributed by atoms with Crippen LogP contribution in [0.4, 0.5) is 5.69 Å². The van der Waals surface area contributed by atoms with Crippen LogP contribution in [0.5, 0.6) is 17.2 Å². The van der Waals surface area contributed by atoms with Gasteiger partial charge < -0.3 is 24.4 Å². The molecule has 0 saturated heterocycles. The maximum atomic E-state index is 14.1. The molecule has 3 rings (SSSR count). The zero-order valence-corrected chi connectivity index (χ0v) is 25.2. The molecule has 3 aromatic carbocycles. The lowest BCUT2D eigenvalue weighted by molar-refractivity contribution is -0.139. The summed E-state index contributed by atoms with van der Waals surface area (Å²) in [6.45, 7) is 4.80. The Morgan fingerprint density at radius 1 is 0.878 bits per heavy atom. The summed E-state index contributed by atoms with van der Waals surface area (Å²) in [5, 5.41) is 2.57. The van der Waals surface area contributed by atoms with Crippen LogP contribution < -0.4 is 23.8 Å². The third-order valence-corrected chi connectivity index (χ3v) is 8.39. The van der Waals surface area contributed by atoms with Crippen molar-refractivity contribution in [3.8, 4) is 17.2 Å². The fraction of sp³-hybridized carbons (Fsp3) is 0.333. The van der Waals surface area contributed by atoms with E-state index in [2.05, 4.69) is 5.32 Å². The number of anilines is 1. The van der Waals surface area contributed by atoms with Crippen molar-refractivity contribution in [3.05, 3.63) is 77.4 Å². The van der Waals surface area contributed by atoms with Gasteiger partial charge in [-0.15, -0.1) is 0 Å². The monoisotopic (exact) mass is 583 g/mol. The number of methoxy groups -OCH3 is 3. The molecule has 0 bridgehead atoms. The highest BCUT2D eigenvalue weighted by molar-refractivity contribution is 7.92. The minimum absolute atomic E-state index is 0.0573. The fourth-order valence-electron chi connectivity index (χ4n) is 4.49. The molecule has 41 heavy (non-hydrogen) atoms. The van der Waals surface area contributed by atoms with Crippen molar-refractivity contribution < 1.29 is 32.2 Å². The third kappa shape index (κ3) is 7.29. The first-order valence-corrected chi connectivity index (χ1v) is 14.4. The average Bonchev–Trinajstić information content (AvgIpc) is 2.96. The van der Waals surface area contributed by atoms with Crippen LogP contribution in [0.15, 0.2) is 65.6 Å². The van der Waals surface area contributed by atoms with Crippen LogP contribution >= 0.6 is 0 Å². The summed E-state index contributed by atoms with van der Waals surface area (Å²) < 4.78 is 45.3. The van der Waals surface area contributed by atoms with Gasteiger partial charge in [0.25, 0.3) is 10.0 Å². The van der Waals surface area contributed by atoms with Crippen molar-refractivity contribution in [2.75, 3.05) is 39.2 Å². The number of sulfonamides is 1. The highest BCUT2D eigenvalue weighted by Gasteiger charge is 2.33. The first-order valence-electron chi connectivity index (χ1n) is 12.9. The summed E-state index contributed by atoms with van der Waals surface area (Å²) in [5.41, 5.74) is 2.69. The summed E-state index contributed by atoms with van der Waals surface area (Å²) >= 11 is 0. The van der Waals surface area contributed by atoms with E-state index in [0.29, 0.717) is 22.7 Å². The second-order valence-electron chi connectivity index (χ2n) is 9.54. The first kappa shape index (κ1) is 31.3. The first-order chi connectivity index (χ1) is 19.4. The smallest absolute Gasteiger partial charge is 0.264 e. The molecule has 1 N–H and O–H groups in total. The van der Waals surface area contributed by atoms with E-state index in [0.717, 1.165) is 15.4 Å². The van der Waals surface area contributed by atoms with Crippen molar-refractivity contribution in [2.45, 2.75) is 38.3 Å². The predicted molar refractivity (Wildman–Crippen MR) is 157 cm³/mol. The van der Waals surface area contributed by atoms with E-state index in [1.54, 1.807) is 43.3 Å². The Kier molecular flexibility index (Phi) is 10.2. The van der Waals surface area contributed by atoms with Crippen LogP contribution in [0, 0.1) is 13.8 Å². The minimum atomic E-state index is -4.28. The van der Waals surface area contributed by atoms with Crippen LogP contribution in [0.25, 0.3) is 0 Å². The molecule has 10 nitrogen and oxygen atoms in total. The highest BCUT2D eigenvalue weighted by atomic mass is 32.2. The molecule has 2 amide bonds. The molecule has 11 heteroatoms. The molecule has 0 aromatic heterocycles. The molecule has 0 fully saturated rings. The predicted octanol–water partition coefficient (Wildman–Crippen LogP) is 3.69. The molecule has 3 aromatic rings. The number of nitrogens with one attached hydrogen (secondary N) is 1.